The highest BCUT2D eigenvalue weighted by molar-refractivity contribution is 6.35. The van der Waals surface area contributed by atoms with Crippen LogP contribution >= 0.6 is 0 Å². The van der Waals surface area contributed by atoms with E-state index in [0.717, 1.165) is 5.01 Å². The van der Waals surface area contributed by atoms with Crippen LogP contribution in [-0.2, 0) is 9.53 Å². The van der Waals surface area contributed by atoms with Crippen molar-refractivity contribution in [1.29, 1.82) is 0 Å². The third-order valence-corrected chi connectivity index (χ3v) is 1.38. The number of rotatable bonds is 2. The van der Waals surface area contributed by atoms with Gasteiger partial charge < -0.3 is 10.6 Å². The van der Waals surface area contributed by atoms with Crippen LogP contribution in [0, 0.1) is 0 Å². The Labute approximate surface area is 77.5 Å². The van der Waals surface area contributed by atoms with Crippen LogP contribution < -0.4 is 11.7 Å². The van der Waals surface area contributed by atoms with Crippen molar-refractivity contribution in [2.24, 2.45) is 16.8 Å². The molecule has 0 unspecified atom stereocenters. The maximum atomic E-state index is 11.2. The molecule has 0 radical (unpaired) electrons. The van der Waals surface area contributed by atoms with Crippen LogP contribution in [0.1, 0.15) is 20.8 Å². The summed E-state index contributed by atoms with van der Waals surface area (Å²) in [5.74, 6) is 9.85. The number of amidine groups is 1. The Morgan fingerprint density at radius 2 is 2.15 bits per heavy atom. The fourth-order valence-electron chi connectivity index (χ4n) is 0.665. The first-order valence-electron chi connectivity index (χ1n) is 4.03. The van der Waals surface area contributed by atoms with Crippen molar-refractivity contribution in [3.05, 3.63) is 0 Å². The summed E-state index contributed by atoms with van der Waals surface area (Å²) in [5.41, 5.74) is 0. The normalized spacial score (nSPS) is 11.6. The van der Waals surface area contributed by atoms with Crippen molar-refractivity contribution in [2.45, 2.75) is 26.8 Å². The van der Waals surface area contributed by atoms with Crippen molar-refractivity contribution in [1.82, 2.24) is 5.01 Å². The van der Waals surface area contributed by atoms with E-state index in [1.165, 1.54) is 0 Å². The molecule has 0 saturated heterocycles. The largest absolute Gasteiger partial charge is 0.460 e. The average Bonchev–Trinajstić information content (AvgIpc) is 2.05. The van der Waals surface area contributed by atoms with Crippen molar-refractivity contribution in [2.75, 3.05) is 6.61 Å². The number of nitrogens with two attached hydrogens (primary N) is 2. The van der Waals surface area contributed by atoms with Crippen molar-refractivity contribution in [3.63, 3.8) is 0 Å². The zero-order valence-electron chi connectivity index (χ0n) is 8.15. The van der Waals surface area contributed by atoms with Crippen molar-refractivity contribution >= 4 is 11.8 Å². The molecule has 0 aliphatic heterocycles. The van der Waals surface area contributed by atoms with Crippen LogP contribution in [0.25, 0.3) is 0 Å². The van der Waals surface area contributed by atoms with Gasteiger partial charge in [-0.25, -0.2) is 10.6 Å². The first-order valence-corrected chi connectivity index (χ1v) is 4.03. The maximum absolute atomic E-state index is 11.2. The minimum absolute atomic E-state index is 0.0632. The van der Waals surface area contributed by atoms with Gasteiger partial charge in [0, 0.05) is 6.04 Å². The standard InChI is InChI=1S/C7H16N4O2/c1-4-13-7(12)6(10-8)11(9)5(2)3/h5H,4,8-9H2,1-3H3/b10-6-. The highest BCUT2D eigenvalue weighted by Gasteiger charge is 2.20. The van der Waals surface area contributed by atoms with Gasteiger partial charge in [-0.15, -0.1) is 0 Å². The maximum Gasteiger partial charge on any atom is 0.377 e. The predicted molar refractivity (Wildman–Crippen MR) is 49.4 cm³/mol. The molecule has 0 aromatic rings. The molecule has 0 bridgehead atoms. The van der Waals surface area contributed by atoms with E-state index in [4.69, 9.17) is 16.4 Å². The van der Waals surface area contributed by atoms with Crippen LogP contribution in [0.5, 0.6) is 0 Å². The molecule has 6 heteroatoms. The Morgan fingerprint density at radius 1 is 1.62 bits per heavy atom. The average molecular weight is 188 g/mol. The lowest BCUT2D eigenvalue weighted by atomic mass is 10.3. The van der Waals surface area contributed by atoms with Gasteiger partial charge in [0.25, 0.3) is 0 Å². The first kappa shape index (κ1) is 11.7. The lowest BCUT2D eigenvalue weighted by Crippen LogP contribution is -2.47. The molecule has 0 aliphatic carbocycles. The molecule has 0 heterocycles. The third-order valence-electron chi connectivity index (χ3n) is 1.38. The van der Waals surface area contributed by atoms with E-state index >= 15 is 0 Å². The van der Waals surface area contributed by atoms with Gasteiger partial charge in [-0.05, 0) is 20.8 Å². The van der Waals surface area contributed by atoms with E-state index in [0.29, 0.717) is 0 Å². The second-order valence-electron chi connectivity index (χ2n) is 2.67. The minimum atomic E-state index is -0.610. The topological polar surface area (TPSA) is 93.9 Å². The number of carbonyl (C=O) groups excluding carboxylic acids is 1. The lowest BCUT2D eigenvalue weighted by molar-refractivity contribution is -0.136. The zero-order chi connectivity index (χ0) is 10.4. The first-order chi connectivity index (χ1) is 6.04. The van der Waals surface area contributed by atoms with Gasteiger partial charge in [-0.3, -0.25) is 5.01 Å². The molecule has 4 N–H and O–H groups in total. The third kappa shape index (κ3) is 3.29. The second-order valence-corrected chi connectivity index (χ2v) is 2.67. The van der Waals surface area contributed by atoms with Gasteiger partial charge in [0.05, 0.1) is 6.61 Å². The number of hydrazone groups is 1. The van der Waals surface area contributed by atoms with Gasteiger partial charge in [-0.1, -0.05) is 0 Å². The number of carbonyl (C=O) groups is 1. The van der Waals surface area contributed by atoms with E-state index in [1.807, 2.05) is 13.8 Å². The molecular formula is C7H16N4O2. The molecule has 0 atom stereocenters. The van der Waals surface area contributed by atoms with E-state index in [9.17, 15) is 4.79 Å². The molecule has 0 spiro atoms. The number of hydrazine groups is 1. The lowest BCUT2D eigenvalue weighted by Gasteiger charge is -2.22. The van der Waals surface area contributed by atoms with E-state index in [-0.39, 0.29) is 18.5 Å². The molecule has 0 aliphatic rings. The van der Waals surface area contributed by atoms with Crippen LogP contribution in [0.2, 0.25) is 0 Å². The SMILES string of the molecule is CCOC(=O)/C(=N/N)N(N)C(C)C. The molecule has 0 rings (SSSR count). The highest BCUT2D eigenvalue weighted by Crippen LogP contribution is 1.94. The molecule has 0 saturated carbocycles. The number of hydrogen-bond donors (Lipinski definition) is 2. The fourth-order valence-corrected chi connectivity index (χ4v) is 0.665. The summed E-state index contributed by atoms with van der Waals surface area (Å²) in [6.45, 7) is 5.58. The van der Waals surface area contributed by atoms with E-state index < -0.39 is 5.97 Å². The number of nitrogens with zero attached hydrogens (tertiary/aromatic N) is 2. The molecular weight excluding hydrogens is 172 g/mol. The summed E-state index contributed by atoms with van der Waals surface area (Å²) in [7, 11) is 0. The Morgan fingerprint density at radius 3 is 2.46 bits per heavy atom. The van der Waals surface area contributed by atoms with Crippen molar-refractivity contribution < 1.29 is 9.53 Å². The smallest absolute Gasteiger partial charge is 0.377 e. The van der Waals surface area contributed by atoms with Crippen LogP contribution in [-0.4, -0.2) is 29.5 Å². The Hall–Kier alpha value is -1.30. The Balaban J connectivity index is 4.44. The molecule has 76 valence electrons. The van der Waals surface area contributed by atoms with Crippen LogP contribution in [0.15, 0.2) is 5.10 Å². The predicted octanol–water partition coefficient (Wildman–Crippen LogP) is -0.594. The molecule has 0 amide bonds. The summed E-state index contributed by atoms with van der Waals surface area (Å²) in [5, 5.41) is 4.44. The van der Waals surface area contributed by atoms with Gasteiger partial charge in [0.2, 0.25) is 5.84 Å². The summed E-state index contributed by atoms with van der Waals surface area (Å²) < 4.78 is 4.69. The summed E-state index contributed by atoms with van der Waals surface area (Å²) in [6.07, 6.45) is 0. The Kier molecular flexibility index (Phi) is 4.83. The van der Waals surface area contributed by atoms with Crippen LogP contribution in [0.3, 0.4) is 0 Å². The van der Waals surface area contributed by atoms with Crippen molar-refractivity contribution in [3.8, 4) is 0 Å². The minimum Gasteiger partial charge on any atom is -0.460 e. The van der Waals surface area contributed by atoms with Gasteiger partial charge in [0.15, 0.2) is 0 Å². The molecule has 6 nitrogen and oxygen atoms in total. The molecule has 0 aromatic carbocycles. The summed E-state index contributed by atoms with van der Waals surface area (Å²) in [4.78, 5) is 11.2. The van der Waals surface area contributed by atoms with Gasteiger partial charge in [-0.2, -0.15) is 5.10 Å². The Bertz CT molecular complexity index is 203. The highest BCUT2D eigenvalue weighted by atomic mass is 16.5. The summed E-state index contributed by atoms with van der Waals surface area (Å²) in [6, 6.07) is -0.0632. The monoisotopic (exact) mass is 188 g/mol. The summed E-state index contributed by atoms with van der Waals surface area (Å²) >= 11 is 0. The molecule has 0 aromatic heterocycles. The van der Waals surface area contributed by atoms with Gasteiger partial charge in [0.1, 0.15) is 0 Å². The fraction of sp³-hybridized carbons (Fsp3) is 0.714. The molecule has 13 heavy (non-hydrogen) atoms. The second kappa shape index (κ2) is 5.36. The number of hydrogen-bond acceptors (Lipinski definition) is 5. The number of esters is 1. The zero-order valence-corrected chi connectivity index (χ0v) is 8.15. The van der Waals surface area contributed by atoms with E-state index in [1.54, 1.807) is 6.92 Å². The quantitative estimate of drug-likeness (QED) is 0.198. The van der Waals surface area contributed by atoms with E-state index in [2.05, 4.69) is 5.10 Å². The molecule has 0 fully saturated rings. The van der Waals surface area contributed by atoms with Crippen LogP contribution in [0.4, 0.5) is 0 Å². The number of ether oxygens (including phenoxy) is 1. The van der Waals surface area contributed by atoms with Gasteiger partial charge >= 0.3 is 5.97 Å².